The molecule has 0 aliphatic carbocycles. The van der Waals surface area contributed by atoms with E-state index in [4.69, 9.17) is 26.0 Å². The van der Waals surface area contributed by atoms with Crippen LogP contribution in [0.3, 0.4) is 0 Å². The van der Waals surface area contributed by atoms with E-state index in [2.05, 4.69) is 4.98 Å². The van der Waals surface area contributed by atoms with Crippen molar-refractivity contribution in [3.05, 3.63) is 65.9 Å². The number of pyridine rings is 2. The average Bonchev–Trinajstić information content (AvgIpc) is 3.27. The van der Waals surface area contributed by atoms with Crippen LogP contribution in [0.4, 0.5) is 8.78 Å². The molecule has 0 radical (unpaired) electrons. The van der Waals surface area contributed by atoms with Gasteiger partial charge in [0.25, 0.3) is 0 Å². The van der Waals surface area contributed by atoms with Gasteiger partial charge in [-0.15, -0.1) is 0 Å². The van der Waals surface area contributed by atoms with Crippen LogP contribution >= 0.6 is 0 Å². The van der Waals surface area contributed by atoms with Crippen molar-refractivity contribution in [2.75, 3.05) is 39.8 Å². The average molecular weight is 617 g/mol. The number of benzene rings is 1. The SMILES string of the molecule is C/C(N)=C(\c1cnc2c3c(OCCCF)ncc(S(C)(=O)=O)c3n(CC3CCOCC3)c2c1)N(C)N.Fc1ccccc1. The van der Waals surface area contributed by atoms with Crippen LogP contribution in [0, 0.1) is 11.7 Å². The summed E-state index contributed by atoms with van der Waals surface area (Å²) in [6, 6.07) is 9.85. The molecule has 1 aromatic carbocycles. The minimum Gasteiger partial charge on any atom is -0.477 e. The maximum atomic E-state index is 12.9. The number of halogens is 2. The van der Waals surface area contributed by atoms with E-state index in [0.29, 0.717) is 58.7 Å². The summed E-state index contributed by atoms with van der Waals surface area (Å²) in [4.78, 5) is 9.12. The molecule has 0 saturated carbocycles. The lowest BCUT2D eigenvalue weighted by molar-refractivity contribution is 0.0619. The second-order valence-corrected chi connectivity index (χ2v) is 12.5. The zero-order valence-electron chi connectivity index (χ0n) is 24.6. The number of allylic oxidation sites excluding steroid dienone is 1. The molecule has 4 heterocycles. The van der Waals surface area contributed by atoms with Gasteiger partial charge >= 0.3 is 0 Å². The highest BCUT2D eigenvalue weighted by atomic mass is 32.2. The van der Waals surface area contributed by atoms with Crippen molar-refractivity contribution in [3.8, 4) is 5.88 Å². The van der Waals surface area contributed by atoms with Gasteiger partial charge in [-0.25, -0.2) is 23.6 Å². The van der Waals surface area contributed by atoms with Gasteiger partial charge in [0.2, 0.25) is 5.88 Å². The maximum Gasteiger partial charge on any atom is 0.225 e. The van der Waals surface area contributed by atoms with E-state index < -0.39 is 16.5 Å². The Morgan fingerprint density at radius 1 is 1.19 bits per heavy atom. The molecule has 43 heavy (non-hydrogen) atoms. The number of ether oxygens (including phenoxy) is 2. The first-order valence-electron chi connectivity index (χ1n) is 14.0. The second kappa shape index (κ2) is 14.1. The first kappa shape index (κ1) is 32.1. The highest BCUT2D eigenvalue weighted by Gasteiger charge is 2.27. The summed E-state index contributed by atoms with van der Waals surface area (Å²) in [6.07, 6.45) is 6.02. The number of fused-ring (bicyclic) bond motifs is 3. The Hall–Kier alpha value is -3.81. The molecule has 232 valence electrons. The molecule has 0 unspecified atom stereocenters. The number of nitrogens with two attached hydrogens (primary N) is 2. The van der Waals surface area contributed by atoms with Crippen LogP contribution in [-0.4, -0.2) is 67.8 Å². The molecule has 3 aromatic heterocycles. The predicted octanol–water partition coefficient (Wildman–Crippen LogP) is 4.43. The largest absolute Gasteiger partial charge is 0.477 e. The van der Waals surface area contributed by atoms with Crippen molar-refractivity contribution in [2.45, 2.75) is 37.6 Å². The number of sulfone groups is 1. The number of rotatable bonds is 9. The monoisotopic (exact) mass is 616 g/mol. The van der Waals surface area contributed by atoms with Gasteiger partial charge in [0, 0.05) is 56.9 Å². The van der Waals surface area contributed by atoms with E-state index in [1.807, 2.05) is 10.6 Å². The Morgan fingerprint density at radius 3 is 2.44 bits per heavy atom. The van der Waals surface area contributed by atoms with Gasteiger partial charge in [-0.2, -0.15) is 0 Å². The lowest BCUT2D eigenvalue weighted by Gasteiger charge is -2.24. The molecule has 13 heteroatoms. The van der Waals surface area contributed by atoms with E-state index >= 15 is 0 Å². The topological polar surface area (TPSA) is 139 Å². The first-order chi connectivity index (χ1) is 20.5. The molecule has 5 rings (SSSR count). The van der Waals surface area contributed by atoms with Crippen molar-refractivity contribution >= 4 is 37.5 Å². The Bertz CT molecular complexity index is 1680. The van der Waals surface area contributed by atoms with Crippen LogP contribution in [0.2, 0.25) is 0 Å². The normalized spacial score (nSPS) is 14.7. The van der Waals surface area contributed by atoms with E-state index in [-0.39, 0.29) is 35.5 Å². The molecule has 0 bridgehead atoms. The van der Waals surface area contributed by atoms with E-state index in [1.165, 1.54) is 23.3 Å². The third kappa shape index (κ3) is 7.59. The summed E-state index contributed by atoms with van der Waals surface area (Å²) in [7, 11) is -1.95. The van der Waals surface area contributed by atoms with Crippen molar-refractivity contribution in [3.63, 3.8) is 0 Å². The van der Waals surface area contributed by atoms with Crippen molar-refractivity contribution in [1.82, 2.24) is 19.5 Å². The van der Waals surface area contributed by atoms with Crippen LogP contribution in [-0.2, 0) is 21.1 Å². The number of hydrogen-bond donors (Lipinski definition) is 2. The minimum atomic E-state index is -3.64. The lowest BCUT2D eigenvalue weighted by atomic mass is 10.0. The molecular formula is C30H38F2N6O4S. The van der Waals surface area contributed by atoms with Gasteiger partial charge in [0.05, 0.1) is 41.6 Å². The summed E-state index contributed by atoms with van der Waals surface area (Å²) in [5.41, 5.74) is 9.66. The highest BCUT2D eigenvalue weighted by molar-refractivity contribution is 7.91. The quantitative estimate of drug-likeness (QED) is 0.159. The fraction of sp³-hybridized carbons (Fsp3) is 0.400. The van der Waals surface area contributed by atoms with Gasteiger partial charge < -0.3 is 24.8 Å². The first-order valence-corrected chi connectivity index (χ1v) is 15.8. The van der Waals surface area contributed by atoms with Crippen molar-refractivity contribution in [1.29, 1.82) is 0 Å². The van der Waals surface area contributed by atoms with Gasteiger partial charge in [-0.3, -0.25) is 9.37 Å². The van der Waals surface area contributed by atoms with E-state index in [1.54, 1.807) is 38.4 Å². The number of hydrogen-bond acceptors (Lipinski definition) is 9. The van der Waals surface area contributed by atoms with Gasteiger partial charge in [-0.05, 0) is 43.9 Å². The Morgan fingerprint density at radius 2 is 1.88 bits per heavy atom. The molecule has 0 spiro atoms. The third-order valence-corrected chi connectivity index (χ3v) is 8.18. The second-order valence-electron chi connectivity index (χ2n) is 10.5. The molecule has 0 amide bonds. The Balaban J connectivity index is 0.000000530. The molecule has 4 N–H and O–H groups in total. The summed E-state index contributed by atoms with van der Waals surface area (Å²) in [6.45, 7) is 3.20. The molecular weight excluding hydrogens is 578 g/mol. The predicted molar refractivity (Wildman–Crippen MR) is 163 cm³/mol. The summed E-state index contributed by atoms with van der Waals surface area (Å²) < 4.78 is 63.7. The van der Waals surface area contributed by atoms with Gasteiger partial charge in [0.1, 0.15) is 16.2 Å². The molecule has 4 aromatic rings. The molecule has 1 saturated heterocycles. The highest BCUT2D eigenvalue weighted by Crippen LogP contribution is 2.39. The van der Waals surface area contributed by atoms with Gasteiger partial charge in [0.15, 0.2) is 9.84 Å². The lowest BCUT2D eigenvalue weighted by Crippen LogP contribution is -2.26. The fourth-order valence-corrected chi connectivity index (χ4v) is 5.96. The van der Waals surface area contributed by atoms with Crippen LogP contribution in [0.15, 0.2) is 59.4 Å². The zero-order valence-corrected chi connectivity index (χ0v) is 25.4. The number of aromatic nitrogens is 3. The Labute approximate surface area is 250 Å². The van der Waals surface area contributed by atoms with Crippen LogP contribution in [0.25, 0.3) is 27.6 Å². The fourth-order valence-electron chi connectivity index (χ4n) is 5.16. The smallest absolute Gasteiger partial charge is 0.225 e. The maximum absolute atomic E-state index is 12.9. The Kier molecular flexibility index (Phi) is 10.5. The van der Waals surface area contributed by atoms with Crippen LogP contribution < -0.4 is 16.3 Å². The summed E-state index contributed by atoms with van der Waals surface area (Å²) >= 11 is 0. The summed E-state index contributed by atoms with van der Waals surface area (Å²) in [5, 5.41) is 1.92. The number of alkyl halides is 1. The molecule has 10 nitrogen and oxygen atoms in total. The summed E-state index contributed by atoms with van der Waals surface area (Å²) in [5.74, 6) is 6.38. The number of nitrogens with zero attached hydrogens (tertiary/aromatic N) is 4. The van der Waals surface area contributed by atoms with E-state index in [9.17, 15) is 17.2 Å². The molecule has 1 fully saturated rings. The van der Waals surface area contributed by atoms with Crippen molar-refractivity contribution < 1.29 is 26.7 Å². The van der Waals surface area contributed by atoms with Crippen LogP contribution in [0.1, 0.15) is 31.7 Å². The molecule has 1 aliphatic heterocycles. The molecule has 1 aliphatic rings. The van der Waals surface area contributed by atoms with E-state index in [0.717, 1.165) is 19.1 Å². The van der Waals surface area contributed by atoms with Gasteiger partial charge in [-0.1, -0.05) is 18.2 Å². The number of hydrazine groups is 1. The standard InChI is InChI=1S/C24H33FN6O4S.C6H5F/c1-15(26)22(30(2)27)17-11-18-21(28-12-17)20-23(31(18)14-16-5-9-34-10-6-16)19(36(3,32)33)13-29-24(20)35-8-4-7-25;7-6-4-2-1-3-5-6/h11-13,16H,4-10,14,26-27H2,1-3H3;1-5H/b22-15-;. The minimum absolute atomic E-state index is 0.0867. The molecule has 0 atom stereocenters. The zero-order chi connectivity index (χ0) is 31.1. The third-order valence-electron chi connectivity index (χ3n) is 7.08. The van der Waals surface area contributed by atoms with Crippen LogP contribution in [0.5, 0.6) is 5.88 Å². The van der Waals surface area contributed by atoms with Crippen molar-refractivity contribution in [2.24, 2.45) is 17.5 Å².